The first kappa shape index (κ1) is 18.7. The van der Waals surface area contributed by atoms with Gasteiger partial charge in [0.1, 0.15) is 0 Å². The van der Waals surface area contributed by atoms with E-state index < -0.39 is 21.1 Å². The third-order valence-electron chi connectivity index (χ3n) is 3.58. The molecule has 0 aliphatic heterocycles. The second-order valence-corrected chi connectivity index (χ2v) is 8.37. The number of nitrogens with zero attached hydrogens (tertiary/aromatic N) is 2. The Bertz CT molecular complexity index is 1060. The zero-order valence-electron chi connectivity index (χ0n) is 13.2. The molecule has 3 N–H and O–H groups in total. The number of rotatable bonds is 5. The number of sulfonamides is 1. The number of hydrogen-bond donors (Lipinski definition) is 2. The highest BCUT2D eigenvalue weighted by molar-refractivity contribution is 7.89. The molecule has 3 rings (SSSR count). The Labute approximate surface area is 157 Å². The summed E-state index contributed by atoms with van der Waals surface area (Å²) in [5.41, 5.74) is 2.47. The Morgan fingerprint density at radius 1 is 1.12 bits per heavy atom. The first-order valence-corrected chi connectivity index (χ1v) is 10.5. The summed E-state index contributed by atoms with van der Waals surface area (Å²) in [6.45, 7) is 0. The molecule has 7 nitrogen and oxygen atoms in total. The first-order valence-electron chi connectivity index (χ1n) is 7.29. The van der Waals surface area contributed by atoms with Crippen molar-refractivity contribution < 1.29 is 17.2 Å². The third kappa shape index (κ3) is 4.19. The van der Waals surface area contributed by atoms with Gasteiger partial charge in [0.05, 0.1) is 27.7 Å². The summed E-state index contributed by atoms with van der Waals surface area (Å²) in [5, 5.41) is 10.1. The normalized spacial score (nSPS) is 12.9. The van der Waals surface area contributed by atoms with Crippen molar-refractivity contribution in [1.29, 1.82) is 0 Å². The summed E-state index contributed by atoms with van der Waals surface area (Å²) in [6.07, 6.45) is 0. The molecule has 0 radical (unpaired) electrons. The lowest BCUT2D eigenvalue weighted by molar-refractivity contribution is 0.562. The highest BCUT2D eigenvalue weighted by atomic mass is 35.5. The molecule has 0 aliphatic carbocycles. The molecule has 2 aromatic carbocycles. The summed E-state index contributed by atoms with van der Waals surface area (Å²) >= 11 is 3.89. The van der Waals surface area contributed by atoms with E-state index in [4.69, 9.17) is 21.3 Å². The molecule has 136 valence electrons. The van der Waals surface area contributed by atoms with Gasteiger partial charge >= 0.3 is 0 Å². The zero-order chi connectivity index (χ0) is 18.9. The maximum absolute atomic E-state index is 11.4. The van der Waals surface area contributed by atoms with Gasteiger partial charge in [0.25, 0.3) is 0 Å². The molecule has 3 aromatic rings. The number of nitrogens with two attached hydrogens (primary N) is 1. The molecule has 0 fully saturated rings. The van der Waals surface area contributed by atoms with Crippen LogP contribution in [0.5, 0.6) is 0 Å². The van der Waals surface area contributed by atoms with Crippen LogP contribution >= 0.6 is 11.6 Å². The molecule has 0 aliphatic rings. The van der Waals surface area contributed by atoms with Gasteiger partial charge in [-0.15, -0.1) is 0 Å². The van der Waals surface area contributed by atoms with Gasteiger partial charge in [-0.25, -0.2) is 22.4 Å². The number of halogens is 1. The average molecular weight is 412 g/mol. The Kier molecular flexibility index (Phi) is 5.26. The van der Waals surface area contributed by atoms with E-state index in [1.54, 1.807) is 47.1 Å². The summed E-state index contributed by atoms with van der Waals surface area (Å²) in [5.74, 6) is -0.122. The Morgan fingerprint density at radius 2 is 1.73 bits per heavy atom. The minimum Gasteiger partial charge on any atom is -0.306 e. The molecule has 0 saturated carbocycles. The van der Waals surface area contributed by atoms with Gasteiger partial charge in [0.2, 0.25) is 10.0 Å². The van der Waals surface area contributed by atoms with Gasteiger partial charge in [-0.2, -0.15) is 5.10 Å². The van der Waals surface area contributed by atoms with Crippen LogP contribution in [0, 0.1) is 0 Å². The average Bonchev–Trinajstić information content (AvgIpc) is 2.98. The summed E-state index contributed by atoms with van der Waals surface area (Å²) in [6, 6.07) is 14.6. The SMILES string of the molecule is NS(=O)(=O)c1ccc(-n2nc(CS(=O)O)cc2-c2ccc(Cl)cc2)cc1. The van der Waals surface area contributed by atoms with Gasteiger partial charge in [0, 0.05) is 10.6 Å². The monoisotopic (exact) mass is 411 g/mol. The Hall–Kier alpha value is -2.04. The van der Waals surface area contributed by atoms with Crippen molar-refractivity contribution in [2.45, 2.75) is 10.6 Å². The van der Waals surface area contributed by atoms with E-state index in [2.05, 4.69) is 5.10 Å². The quantitative estimate of drug-likeness (QED) is 0.626. The van der Waals surface area contributed by atoms with Crippen molar-refractivity contribution in [1.82, 2.24) is 9.78 Å². The van der Waals surface area contributed by atoms with Crippen LogP contribution < -0.4 is 5.14 Å². The van der Waals surface area contributed by atoms with E-state index in [1.165, 1.54) is 12.1 Å². The Morgan fingerprint density at radius 3 is 2.27 bits per heavy atom. The lowest BCUT2D eigenvalue weighted by Gasteiger charge is -2.08. The van der Waals surface area contributed by atoms with Crippen LogP contribution in [0.1, 0.15) is 5.69 Å². The van der Waals surface area contributed by atoms with Gasteiger partial charge < -0.3 is 4.55 Å². The van der Waals surface area contributed by atoms with E-state index in [1.807, 2.05) is 0 Å². The number of aromatic nitrogens is 2. The van der Waals surface area contributed by atoms with E-state index in [0.717, 1.165) is 5.56 Å². The molecule has 0 spiro atoms. The van der Waals surface area contributed by atoms with Crippen LogP contribution in [0.15, 0.2) is 59.5 Å². The molecular formula is C16H14ClN3O4S2. The number of benzene rings is 2. The van der Waals surface area contributed by atoms with Crippen LogP contribution in [0.2, 0.25) is 5.02 Å². The maximum Gasteiger partial charge on any atom is 0.238 e. The van der Waals surface area contributed by atoms with Gasteiger partial charge in [0.15, 0.2) is 11.1 Å². The van der Waals surface area contributed by atoms with Crippen molar-refractivity contribution in [2.24, 2.45) is 5.14 Å². The predicted octanol–water partition coefficient (Wildman–Crippen LogP) is 2.56. The van der Waals surface area contributed by atoms with Crippen LogP contribution in [-0.2, 0) is 26.9 Å². The largest absolute Gasteiger partial charge is 0.306 e. The van der Waals surface area contributed by atoms with Crippen LogP contribution in [0.4, 0.5) is 0 Å². The fourth-order valence-electron chi connectivity index (χ4n) is 2.43. The van der Waals surface area contributed by atoms with E-state index in [0.29, 0.717) is 22.1 Å². The second kappa shape index (κ2) is 7.29. The van der Waals surface area contributed by atoms with Crippen LogP contribution in [0.25, 0.3) is 16.9 Å². The van der Waals surface area contributed by atoms with Gasteiger partial charge in [-0.3, -0.25) is 0 Å². The Balaban J connectivity index is 2.11. The highest BCUT2D eigenvalue weighted by Gasteiger charge is 2.14. The lowest BCUT2D eigenvalue weighted by Crippen LogP contribution is -2.12. The third-order valence-corrected chi connectivity index (χ3v) is 5.31. The van der Waals surface area contributed by atoms with E-state index in [-0.39, 0.29) is 10.6 Å². The molecule has 0 amide bonds. The number of primary sulfonamides is 1. The predicted molar refractivity (Wildman–Crippen MR) is 99.9 cm³/mol. The fraction of sp³-hybridized carbons (Fsp3) is 0.0625. The molecule has 1 heterocycles. The number of hydrogen-bond acceptors (Lipinski definition) is 4. The summed E-state index contributed by atoms with van der Waals surface area (Å²) in [7, 11) is -3.80. The molecule has 26 heavy (non-hydrogen) atoms. The molecule has 1 aromatic heterocycles. The van der Waals surface area contributed by atoms with Gasteiger partial charge in [-0.05, 0) is 42.5 Å². The van der Waals surface area contributed by atoms with E-state index >= 15 is 0 Å². The minimum atomic E-state index is -3.80. The molecule has 0 saturated heterocycles. The van der Waals surface area contributed by atoms with Crippen molar-refractivity contribution >= 4 is 32.7 Å². The van der Waals surface area contributed by atoms with Crippen LogP contribution in [-0.4, -0.2) is 27.0 Å². The van der Waals surface area contributed by atoms with Gasteiger partial charge in [-0.1, -0.05) is 23.7 Å². The first-order chi connectivity index (χ1) is 12.2. The maximum atomic E-state index is 11.4. The topological polar surface area (TPSA) is 115 Å². The lowest BCUT2D eigenvalue weighted by atomic mass is 10.1. The summed E-state index contributed by atoms with van der Waals surface area (Å²) in [4.78, 5) is -0.0156. The fourth-order valence-corrected chi connectivity index (χ4v) is 3.46. The highest BCUT2D eigenvalue weighted by Crippen LogP contribution is 2.26. The smallest absolute Gasteiger partial charge is 0.238 e. The van der Waals surface area contributed by atoms with Crippen molar-refractivity contribution in [3.63, 3.8) is 0 Å². The summed E-state index contributed by atoms with van der Waals surface area (Å²) < 4.78 is 44.6. The zero-order valence-corrected chi connectivity index (χ0v) is 15.6. The van der Waals surface area contributed by atoms with Crippen LogP contribution in [0.3, 0.4) is 0 Å². The molecule has 0 bridgehead atoms. The molecular weight excluding hydrogens is 398 g/mol. The van der Waals surface area contributed by atoms with Crippen molar-refractivity contribution in [2.75, 3.05) is 0 Å². The van der Waals surface area contributed by atoms with Crippen molar-refractivity contribution in [3.8, 4) is 16.9 Å². The second-order valence-electron chi connectivity index (χ2n) is 5.44. The van der Waals surface area contributed by atoms with E-state index in [9.17, 15) is 12.6 Å². The molecule has 1 unspecified atom stereocenters. The molecule has 10 heteroatoms. The molecule has 1 atom stereocenters. The standard InChI is InChI=1S/C16H14ClN3O4S2/c17-12-3-1-11(2-4-12)16-9-13(10-25(21)22)19-20(16)14-5-7-15(8-6-14)26(18,23)24/h1-9H,10H2,(H,21,22)(H2,18,23,24). The van der Waals surface area contributed by atoms with Crippen molar-refractivity contribution in [3.05, 3.63) is 65.3 Å². The minimum absolute atomic E-state index is 0.0156.